The zero-order valence-electron chi connectivity index (χ0n) is 34.8. The van der Waals surface area contributed by atoms with Crippen LogP contribution in [0.5, 0.6) is 0 Å². The number of furan rings is 2. The Bertz CT molecular complexity index is 3550. The maximum Gasteiger partial charge on any atom is 0.135 e. The normalized spacial score (nSPS) is 12.8. The highest BCUT2D eigenvalue weighted by molar-refractivity contribution is 6.07. The predicted molar refractivity (Wildman–Crippen MR) is 264 cm³/mol. The van der Waals surface area contributed by atoms with Gasteiger partial charge in [-0.25, -0.2) is 0 Å². The van der Waals surface area contributed by atoms with Gasteiger partial charge in [-0.15, -0.1) is 0 Å². The molecule has 0 saturated heterocycles. The summed E-state index contributed by atoms with van der Waals surface area (Å²) in [6.07, 6.45) is 0. The van der Waals surface area contributed by atoms with Gasteiger partial charge >= 0.3 is 0 Å². The average Bonchev–Trinajstić information content (AvgIpc) is 4.03. The molecule has 2 heterocycles. The highest BCUT2D eigenvalue weighted by Crippen LogP contribution is 2.57. The molecule has 12 aromatic rings. The first-order valence-electron chi connectivity index (χ1n) is 21.9. The lowest BCUT2D eigenvalue weighted by atomic mass is 9.68. The summed E-state index contributed by atoms with van der Waals surface area (Å²) in [5.74, 6) is 0. The number of fused-ring (bicyclic) bond motifs is 9. The first kappa shape index (κ1) is 36.3. The lowest BCUT2D eigenvalue weighted by Crippen LogP contribution is -2.28. The molecule has 0 unspecified atom stereocenters. The van der Waals surface area contributed by atoms with E-state index < -0.39 is 5.41 Å². The Kier molecular flexibility index (Phi) is 8.13. The fourth-order valence-electron chi connectivity index (χ4n) is 10.5. The van der Waals surface area contributed by atoms with Crippen molar-refractivity contribution >= 4 is 60.9 Å². The number of rotatable bonds is 7. The van der Waals surface area contributed by atoms with Crippen LogP contribution in [0, 0.1) is 0 Å². The third-order valence-electron chi connectivity index (χ3n) is 13.3. The minimum Gasteiger partial charge on any atom is -0.456 e. The van der Waals surface area contributed by atoms with Gasteiger partial charge in [-0.1, -0.05) is 164 Å². The molecule has 0 amide bonds. The van der Waals surface area contributed by atoms with E-state index in [1.54, 1.807) is 0 Å². The number of anilines is 3. The van der Waals surface area contributed by atoms with Crippen LogP contribution < -0.4 is 4.90 Å². The summed E-state index contributed by atoms with van der Waals surface area (Å²) < 4.78 is 12.5. The lowest BCUT2D eigenvalue weighted by molar-refractivity contribution is 0.668. The molecule has 1 aliphatic carbocycles. The van der Waals surface area contributed by atoms with Crippen molar-refractivity contribution in [2.75, 3.05) is 4.90 Å². The van der Waals surface area contributed by atoms with Crippen LogP contribution in [0.3, 0.4) is 0 Å². The highest BCUT2D eigenvalue weighted by Gasteiger charge is 2.46. The van der Waals surface area contributed by atoms with Crippen LogP contribution in [0.1, 0.15) is 22.3 Å². The van der Waals surface area contributed by atoms with Gasteiger partial charge < -0.3 is 13.7 Å². The maximum absolute atomic E-state index is 6.23. The Labute approximate surface area is 370 Å². The zero-order chi connectivity index (χ0) is 42.2. The molecule has 0 fully saturated rings. The van der Waals surface area contributed by atoms with E-state index in [1.165, 1.54) is 33.4 Å². The van der Waals surface area contributed by atoms with Gasteiger partial charge in [-0.05, 0) is 128 Å². The fourth-order valence-corrected chi connectivity index (χ4v) is 10.5. The molecule has 3 heteroatoms. The second-order valence-electron chi connectivity index (χ2n) is 16.8. The third kappa shape index (κ3) is 5.54. The Hall–Kier alpha value is -8.40. The fraction of sp³-hybridized carbons (Fsp3) is 0.0164. The van der Waals surface area contributed by atoms with E-state index in [2.05, 4.69) is 217 Å². The molecule has 0 bridgehead atoms. The first-order chi connectivity index (χ1) is 31.7. The van der Waals surface area contributed by atoms with Crippen LogP contribution in [0.15, 0.2) is 245 Å². The number of hydrogen-bond donors (Lipinski definition) is 0. The average molecular weight is 818 g/mol. The molecule has 3 nitrogen and oxygen atoms in total. The number of para-hydroxylation sites is 2. The second kappa shape index (κ2) is 14.3. The van der Waals surface area contributed by atoms with E-state index in [0.29, 0.717) is 0 Å². The van der Waals surface area contributed by atoms with Crippen molar-refractivity contribution < 1.29 is 8.83 Å². The van der Waals surface area contributed by atoms with Crippen molar-refractivity contribution in [1.29, 1.82) is 0 Å². The first-order valence-corrected chi connectivity index (χ1v) is 21.9. The molecule has 0 atom stereocenters. The summed E-state index contributed by atoms with van der Waals surface area (Å²) in [5, 5.41) is 4.47. The molecule has 64 heavy (non-hydrogen) atoms. The summed E-state index contributed by atoms with van der Waals surface area (Å²) in [4.78, 5) is 2.42. The Morgan fingerprint density at radius 3 is 1.31 bits per heavy atom. The molecule has 0 aliphatic heterocycles. The van der Waals surface area contributed by atoms with Crippen LogP contribution in [0.4, 0.5) is 17.1 Å². The SMILES string of the molecule is c1ccc(C2(c3ccccc3)c3ccccc3-c3cc(N(c4cccc(-c5ccc6oc7ccccc7c6c5)c4)c4cccc(-c5ccc6oc7ccccc7c6c5)c4)ccc32)cc1. The van der Waals surface area contributed by atoms with Gasteiger partial charge in [0.15, 0.2) is 0 Å². The van der Waals surface area contributed by atoms with Crippen LogP contribution >= 0.6 is 0 Å². The lowest BCUT2D eigenvalue weighted by Gasteiger charge is -2.34. The van der Waals surface area contributed by atoms with Crippen LogP contribution in [0.2, 0.25) is 0 Å². The Morgan fingerprint density at radius 1 is 0.281 bits per heavy atom. The summed E-state index contributed by atoms with van der Waals surface area (Å²) in [6, 6.07) is 85.5. The molecule has 300 valence electrons. The van der Waals surface area contributed by atoms with E-state index in [0.717, 1.165) is 83.2 Å². The van der Waals surface area contributed by atoms with Gasteiger partial charge in [0.1, 0.15) is 22.3 Å². The quantitative estimate of drug-likeness (QED) is 0.160. The van der Waals surface area contributed by atoms with Crippen molar-refractivity contribution in [3.05, 3.63) is 259 Å². The van der Waals surface area contributed by atoms with Gasteiger partial charge in [-0.2, -0.15) is 0 Å². The van der Waals surface area contributed by atoms with Crippen LogP contribution in [-0.2, 0) is 5.41 Å². The van der Waals surface area contributed by atoms with E-state index in [9.17, 15) is 0 Å². The monoisotopic (exact) mass is 817 g/mol. The van der Waals surface area contributed by atoms with Gasteiger partial charge in [-0.3, -0.25) is 0 Å². The summed E-state index contributed by atoms with van der Waals surface area (Å²) in [6.45, 7) is 0. The number of hydrogen-bond acceptors (Lipinski definition) is 3. The number of nitrogens with zero attached hydrogens (tertiary/aromatic N) is 1. The van der Waals surface area contributed by atoms with Gasteiger partial charge in [0, 0.05) is 38.6 Å². The predicted octanol–water partition coefficient (Wildman–Crippen LogP) is 16.7. The molecule has 1 aliphatic rings. The standard InChI is InChI=1S/C61H39NO2/c1-3-17-44(18-4-1)61(45-19-5-2-6-20-45)55-26-10-7-23-49(55)52-39-48(31-32-56(52)61)62(46-21-13-15-40(35-46)42-29-33-59-53(37-42)50-24-8-11-27-57(50)63-59)47-22-14-16-41(36-47)43-30-34-60-54(38-43)51-25-9-12-28-58(51)64-60/h1-39H. The molecular weight excluding hydrogens is 779 g/mol. The van der Waals surface area contributed by atoms with Crippen molar-refractivity contribution in [2.45, 2.75) is 5.41 Å². The van der Waals surface area contributed by atoms with Crippen molar-refractivity contribution in [3.8, 4) is 33.4 Å². The van der Waals surface area contributed by atoms with Crippen molar-refractivity contribution in [1.82, 2.24) is 0 Å². The smallest absolute Gasteiger partial charge is 0.135 e. The molecule has 0 radical (unpaired) electrons. The minimum atomic E-state index is -0.483. The van der Waals surface area contributed by atoms with E-state index in [-0.39, 0.29) is 0 Å². The minimum absolute atomic E-state index is 0.483. The van der Waals surface area contributed by atoms with Gasteiger partial charge in [0.05, 0.1) is 5.41 Å². The van der Waals surface area contributed by atoms with E-state index in [1.807, 2.05) is 24.3 Å². The summed E-state index contributed by atoms with van der Waals surface area (Å²) in [7, 11) is 0. The molecule has 10 aromatic carbocycles. The second-order valence-corrected chi connectivity index (χ2v) is 16.8. The molecule has 2 aromatic heterocycles. The van der Waals surface area contributed by atoms with Crippen molar-refractivity contribution in [3.63, 3.8) is 0 Å². The molecule has 0 saturated carbocycles. The summed E-state index contributed by atoms with van der Waals surface area (Å²) in [5.41, 5.74) is 18.4. The van der Waals surface area contributed by atoms with Gasteiger partial charge in [0.25, 0.3) is 0 Å². The molecular formula is C61H39NO2. The maximum atomic E-state index is 6.23. The van der Waals surface area contributed by atoms with Gasteiger partial charge in [0.2, 0.25) is 0 Å². The highest BCUT2D eigenvalue weighted by atomic mass is 16.3. The molecule has 0 spiro atoms. The van der Waals surface area contributed by atoms with Crippen LogP contribution in [0.25, 0.3) is 77.3 Å². The van der Waals surface area contributed by atoms with Crippen molar-refractivity contribution in [2.24, 2.45) is 0 Å². The largest absolute Gasteiger partial charge is 0.456 e. The van der Waals surface area contributed by atoms with E-state index >= 15 is 0 Å². The molecule has 0 N–H and O–H groups in total. The third-order valence-corrected chi connectivity index (χ3v) is 13.3. The Morgan fingerprint density at radius 2 is 0.734 bits per heavy atom. The molecule has 13 rings (SSSR count). The van der Waals surface area contributed by atoms with E-state index in [4.69, 9.17) is 8.83 Å². The number of benzene rings is 10. The topological polar surface area (TPSA) is 29.5 Å². The van der Waals surface area contributed by atoms with Crippen LogP contribution in [-0.4, -0.2) is 0 Å². The zero-order valence-corrected chi connectivity index (χ0v) is 34.8. The Balaban J connectivity index is 1.01. The summed E-state index contributed by atoms with van der Waals surface area (Å²) >= 11 is 0.